The van der Waals surface area contributed by atoms with Crippen LogP contribution < -0.4 is 10.2 Å². The van der Waals surface area contributed by atoms with Crippen LogP contribution in [0.2, 0.25) is 0 Å². The van der Waals surface area contributed by atoms with Crippen LogP contribution in [0.4, 0.5) is 5.82 Å². The molecule has 0 unspecified atom stereocenters. The maximum absolute atomic E-state index is 9.18. The Morgan fingerprint density at radius 1 is 1.47 bits per heavy atom. The number of hydrogen-bond acceptors (Lipinski definition) is 4. The van der Waals surface area contributed by atoms with Gasteiger partial charge in [0.25, 0.3) is 0 Å². The van der Waals surface area contributed by atoms with E-state index in [1.807, 2.05) is 19.1 Å². The predicted molar refractivity (Wildman–Crippen MR) is 65.8 cm³/mol. The van der Waals surface area contributed by atoms with Crippen molar-refractivity contribution in [2.75, 3.05) is 24.5 Å². The fourth-order valence-electron chi connectivity index (χ4n) is 2.96. The highest BCUT2D eigenvalue weighted by molar-refractivity contribution is 5.56. The summed E-state index contributed by atoms with van der Waals surface area (Å²) in [5, 5.41) is 12.6. The van der Waals surface area contributed by atoms with Crippen molar-refractivity contribution in [2.45, 2.75) is 19.4 Å². The summed E-state index contributed by atoms with van der Waals surface area (Å²) in [5.74, 6) is 1.60. The first-order valence-electron chi connectivity index (χ1n) is 6.14. The van der Waals surface area contributed by atoms with Gasteiger partial charge in [0.2, 0.25) is 0 Å². The largest absolute Gasteiger partial charge is 0.351 e. The van der Waals surface area contributed by atoms with E-state index in [4.69, 9.17) is 0 Å². The molecule has 0 saturated carbocycles. The van der Waals surface area contributed by atoms with Gasteiger partial charge in [-0.1, -0.05) is 0 Å². The minimum Gasteiger partial charge on any atom is -0.351 e. The van der Waals surface area contributed by atoms with Crippen molar-refractivity contribution in [2.24, 2.45) is 5.92 Å². The van der Waals surface area contributed by atoms with Gasteiger partial charge in [-0.2, -0.15) is 5.26 Å². The Kier molecular flexibility index (Phi) is 2.49. The third-order valence-electron chi connectivity index (χ3n) is 3.85. The van der Waals surface area contributed by atoms with Crippen LogP contribution in [0, 0.1) is 24.2 Å². The third-order valence-corrected chi connectivity index (χ3v) is 3.85. The minimum absolute atomic E-state index is 0.524. The normalized spacial score (nSPS) is 26.9. The molecule has 1 aromatic heterocycles. The van der Waals surface area contributed by atoms with Crippen LogP contribution in [0.5, 0.6) is 0 Å². The first-order valence-corrected chi connectivity index (χ1v) is 6.14. The van der Waals surface area contributed by atoms with Gasteiger partial charge in [0.1, 0.15) is 11.9 Å². The topological polar surface area (TPSA) is 52.0 Å². The Morgan fingerprint density at radius 3 is 3.18 bits per heavy atom. The van der Waals surface area contributed by atoms with Crippen LogP contribution in [-0.4, -0.2) is 30.7 Å². The number of anilines is 1. The zero-order valence-corrected chi connectivity index (χ0v) is 9.98. The molecule has 0 bridgehead atoms. The zero-order chi connectivity index (χ0) is 11.8. The maximum atomic E-state index is 9.18. The summed E-state index contributed by atoms with van der Waals surface area (Å²) in [7, 11) is 0. The molecule has 2 aliphatic rings. The van der Waals surface area contributed by atoms with Crippen LogP contribution >= 0.6 is 0 Å². The van der Waals surface area contributed by atoms with E-state index in [-0.39, 0.29) is 0 Å². The molecule has 2 atom stereocenters. The number of pyridine rings is 1. The Bertz CT molecular complexity index is 477. The minimum atomic E-state index is 0.524. The number of nitriles is 1. The molecule has 4 heteroatoms. The smallest absolute Gasteiger partial charge is 0.147 e. The third kappa shape index (κ3) is 1.67. The van der Waals surface area contributed by atoms with E-state index in [0.29, 0.717) is 11.6 Å². The molecule has 2 saturated heterocycles. The van der Waals surface area contributed by atoms with Crippen LogP contribution in [0.25, 0.3) is 0 Å². The quantitative estimate of drug-likeness (QED) is 0.781. The van der Waals surface area contributed by atoms with E-state index in [2.05, 4.69) is 21.3 Å². The summed E-state index contributed by atoms with van der Waals surface area (Å²) in [5.41, 5.74) is 1.68. The van der Waals surface area contributed by atoms with Gasteiger partial charge in [-0.05, 0) is 31.4 Å². The summed E-state index contributed by atoms with van der Waals surface area (Å²) in [6.07, 6.45) is 1.21. The highest BCUT2D eigenvalue weighted by Crippen LogP contribution is 2.32. The Labute approximate surface area is 101 Å². The van der Waals surface area contributed by atoms with Gasteiger partial charge < -0.3 is 10.2 Å². The van der Waals surface area contributed by atoms with Crippen molar-refractivity contribution in [1.82, 2.24) is 10.3 Å². The van der Waals surface area contributed by atoms with Crippen molar-refractivity contribution in [3.63, 3.8) is 0 Å². The molecule has 2 fully saturated rings. The molecule has 88 valence electrons. The highest BCUT2D eigenvalue weighted by Gasteiger charge is 2.38. The molecule has 0 aliphatic carbocycles. The molecule has 4 nitrogen and oxygen atoms in total. The SMILES string of the molecule is Cc1ccc(C#N)c(N2CC[C@H]3CNC[C@H]32)n1. The van der Waals surface area contributed by atoms with Crippen LogP contribution in [0.3, 0.4) is 0 Å². The van der Waals surface area contributed by atoms with Crippen LogP contribution in [0.1, 0.15) is 17.7 Å². The lowest BCUT2D eigenvalue weighted by Crippen LogP contribution is -2.35. The molecular formula is C13H16N4. The second-order valence-corrected chi connectivity index (χ2v) is 4.90. The standard InChI is InChI=1S/C13H16N4/c1-9-2-3-10(6-14)13(16-9)17-5-4-11-7-15-8-12(11)17/h2-3,11-12,15H,4-5,7-8H2,1H3/t11-,12+/m0/s1. The number of aromatic nitrogens is 1. The highest BCUT2D eigenvalue weighted by atomic mass is 15.3. The summed E-state index contributed by atoms with van der Waals surface area (Å²) in [4.78, 5) is 6.88. The van der Waals surface area contributed by atoms with Gasteiger partial charge >= 0.3 is 0 Å². The van der Waals surface area contributed by atoms with Crippen molar-refractivity contribution >= 4 is 5.82 Å². The monoisotopic (exact) mass is 228 g/mol. The van der Waals surface area contributed by atoms with Crippen LogP contribution in [-0.2, 0) is 0 Å². The average molecular weight is 228 g/mol. The van der Waals surface area contributed by atoms with E-state index >= 15 is 0 Å². The molecule has 2 aliphatic heterocycles. The molecule has 0 radical (unpaired) electrons. The molecule has 1 aromatic rings. The van der Waals surface area contributed by atoms with Gasteiger partial charge in [-0.15, -0.1) is 0 Å². The van der Waals surface area contributed by atoms with Gasteiger partial charge in [-0.25, -0.2) is 4.98 Å². The second kappa shape index (κ2) is 4.01. The lowest BCUT2D eigenvalue weighted by Gasteiger charge is -2.25. The molecule has 17 heavy (non-hydrogen) atoms. The Hall–Kier alpha value is -1.60. The number of hydrogen-bond donors (Lipinski definition) is 1. The molecule has 3 heterocycles. The lowest BCUT2D eigenvalue weighted by atomic mass is 10.1. The number of fused-ring (bicyclic) bond motifs is 1. The molecule has 0 aromatic carbocycles. The lowest BCUT2D eigenvalue weighted by molar-refractivity contribution is 0.577. The van der Waals surface area contributed by atoms with Crippen molar-refractivity contribution in [3.8, 4) is 6.07 Å². The van der Waals surface area contributed by atoms with Gasteiger partial charge in [0.05, 0.1) is 5.56 Å². The van der Waals surface area contributed by atoms with E-state index in [1.165, 1.54) is 6.42 Å². The molecule has 0 spiro atoms. The fraction of sp³-hybridized carbons (Fsp3) is 0.538. The van der Waals surface area contributed by atoms with E-state index < -0.39 is 0 Å². The Morgan fingerprint density at radius 2 is 2.35 bits per heavy atom. The van der Waals surface area contributed by atoms with Crippen molar-refractivity contribution in [1.29, 1.82) is 5.26 Å². The second-order valence-electron chi connectivity index (χ2n) is 4.90. The molecular weight excluding hydrogens is 212 g/mol. The fourth-order valence-corrected chi connectivity index (χ4v) is 2.96. The van der Waals surface area contributed by atoms with Crippen molar-refractivity contribution < 1.29 is 0 Å². The van der Waals surface area contributed by atoms with E-state index in [1.54, 1.807) is 0 Å². The van der Waals surface area contributed by atoms with Crippen molar-refractivity contribution in [3.05, 3.63) is 23.4 Å². The molecule has 3 rings (SSSR count). The zero-order valence-electron chi connectivity index (χ0n) is 9.98. The first-order chi connectivity index (χ1) is 8.29. The number of aryl methyl sites for hydroxylation is 1. The first kappa shape index (κ1) is 10.5. The Balaban J connectivity index is 1.99. The number of nitrogens with one attached hydrogen (secondary N) is 1. The van der Waals surface area contributed by atoms with Gasteiger partial charge in [0, 0.05) is 31.4 Å². The number of nitrogens with zero attached hydrogens (tertiary/aromatic N) is 3. The van der Waals surface area contributed by atoms with E-state index in [0.717, 1.165) is 37.1 Å². The molecule has 0 amide bonds. The summed E-state index contributed by atoms with van der Waals surface area (Å²) in [6.45, 7) is 5.13. The van der Waals surface area contributed by atoms with Gasteiger partial charge in [-0.3, -0.25) is 0 Å². The molecule has 1 N–H and O–H groups in total. The predicted octanol–water partition coefficient (Wildman–Crippen LogP) is 1.06. The maximum Gasteiger partial charge on any atom is 0.147 e. The summed E-state index contributed by atoms with van der Waals surface area (Å²) >= 11 is 0. The number of rotatable bonds is 1. The van der Waals surface area contributed by atoms with Crippen LogP contribution in [0.15, 0.2) is 12.1 Å². The van der Waals surface area contributed by atoms with Gasteiger partial charge in [0.15, 0.2) is 0 Å². The van der Waals surface area contributed by atoms with E-state index in [9.17, 15) is 5.26 Å². The summed E-state index contributed by atoms with van der Waals surface area (Å²) in [6, 6.07) is 6.57. The summed E-state index contributed by atoms with van der Waals surface area (Å²) < 4.78 is 0. The average Bonchev–Trinajstić information content (AvgIpc) is 2.90.